The number of aliphatic carboxylic acids is 1. The van der Waals surface area contributed by atoms with Crippen LogP contribution in [0.5, 0.6) is 0 Å². The smallest absolute Gasteiger partial charge is 0.322 e. The lowest BCUT2D eigenvalue weighted by atomic mass is 10.1. The third-order valence-electron chi connectivity index (χ3n) is 8.40. The first-order chi connectivity index (χ1) is 24.0. The summed E-state index contributed by atoms with van der Waals surface area (Å²) in [5, 5.41) is 11.0. The molecule has 0 rings (SSSR count). The van der Waals surface area contributed by atoms with Gasteiger partial charge in [-0.25, -0.2) is 0 Å². The number of carbonyl (C=O) groups excluding carboxylic acids is 2. The Morgan fingerprint density at radius 1 is 0.551 bits per heavy atom. The number of carboxylic acids is 1. The predicted octanol–water partition coefficient (Wildman–Crippen LogP) is 12.1. The van der Waals surface area contributed by atoms with Crippen LogP contribution in [0.1, 0.15) is 181 Å². The fourth-order valence-corrected chi connectivity index (χ4v) is 5.40. The quantitative estimate of drug-likeness (QED) is 0.0394. The lowest BCUT2D eigenvalue weighted by molar-refractivity contribution is -0.147. The minimum Gasteiger partial charge on any atom is -0.480 e. The summed E-state index contributed by atoms with van der Waals surface area (Å²) in [7, 11) is 0. The molecule has 0 saturated carbocycles. The van der Waals surface area contributed by atoms with Gasteiger partial charge in [-0.15, -0.1) is 0 Å². The van der Waals surface area contributed by atoms with Gasteiger partial charge in [0, 0.05) is 12.8 Å². The zero-order valence-corrected chi connectivity index (χ0v) is 31.5. The van der Waals surface area contributed by atoms with E-state index in [2.05, 4.69) is 73.8 Å². The normalized spacial score (nSPS) is 12.7. The highest BCUT2D eigenvalue weighted by Crippen LogP contribution is 2.15. The van der Waals surface area contributed by atoms with Gasteiger partial charge in [0.05, 0.1) is 0 Å². The molecule has 280 valence electrons. The molecule has 0 aliphatic heterocycles. The summed E-state index contributed by atoms with van der Waals surface area (Å²) in [5.74, 6) is -1.37. The second-order valence-corrected chi connectivity index (χ2v) is 13.2. The van der Waals surface area contributed by atoms with E-state index in [4.69, 9.17) is 9.84 Å². The minimum atomic E-state index is -1.03. The van der Waals surface area contributed by atoms with Crippen molar-refractivity contribution in [1.29, 1.82) is 0 Å². The largest absolute Gasteiger partial charge is 0.480 e. The van der Waals surface area contributed by atoms with Gasteiger partial charge in [-0.1, -0.05) is 146 Å². The average Bonchev–Trinajstić information content (AvgIpc) is 3.08. The summed E-state index contributed by atoms with van der Waals surface area (Å²) < 4.78 is 5.85. The molecule has 0 fully saturated rings. The van der Waals surface area contributed by atoms with E-state index >= 15 is 0 Å². The molecule has 0 heterocycles. The van der Waals surface area contributed by atoms with Gasteiger partial charge < -0.3 is 15.2 Å². The van der Waals surface area contributed by atoms with E-state index in [9.17, 15) is 14.4 Å². The van der Waals surface area contributed by atoms with Gasteiger partial charge in [0.25, 0.3) is 0 Å². The number of carboxylic acid groups (broad SMARTS) is 1. The van der Waals surface area contributed by atoms with Crippen molar-refractivity contribution in [1.82, 2.24) is 5.32 Å². The first kappa shape index (κ1) is 46.1. The van der Waals surface area contributed by atoms with Gasteiger partial charge >= 0.3 is 11.9 Å². The molecule has 0 saturated heterocycles. The van der Waals surface area contributed by atoms with Crippen LogP contribution in [0.2, 0.25) is 0 Å². The van der Waals surface area contributed by atoms with Crippen molar-refractivity contribution in [2.24, 2.45) is 0 Å². The molecule has 49 heavy (non-hydrogen) atoms. The summed E-state index contributed by atoms with van der Waals surface area (Å²) in [4.78, 5) is 34.8. The number of nitrogens with one attached hydrogen (secondary N) is 1. The monoisotopic (exact) mass is 684 g/mol. The van der Waals surface area contributed by atoms with E-state index in [-0.39, 0.29) is 24.5 Å². The van der Waals surface area contributed by atoms with E-state index in [1.807, 2.05) is 6.08 Å². The summed E-state index contributed by atoms with van der Waals surface area (Å²) >= 11 is 0. The number of esters is 1. The van der Waals surface area contributed by atoms with E-state index in [1.54, 1.807) is 0 Å². The summed E-state index contributed by atoms with van der Waals surface area (Å²) in [5.41, 5.74) is 0. The molecule has 0 aromatic heterocycles. The number of rotatable bonds is 35. The van der Waals surface area contributed by atoms with Crippen LogP contribution in [0.15, 0.2) is 60.8 Å². The highest BCUT2D eigenvalue weighted by molar-refractivity contribution is 5.80. The summed E-state index contributed by atoms with van der Waals surface area (Å²) in [6, 6.07) is 0. The predicted molar refractivity (Wildman–Crippen MR) is 208 cm³/mol. The molecular formula is C43H73NO5. The molecule has 6 heteroatoms. The highest BCUT2D eigenvalue weighted by Gasteiger charge is 2.11. The first-order valence-electron chi connectivity index (χ1n) is 19.9. The molecule has 0 aromatic rings. The number of hydrogen-bond donors (Lipinski definition) is 2. The van der Waals surface area contributed by atoms with Crippen molar-refractivity contribution in [3.8, 4) is 0 Å². The van der Waals surface area contributed by atoms with Crippen molar-refractivity contribution in [3.05, 3.63) is 60.8 Å². The van der Waals surface area contributed by atoms with E-state index in [0.717, 1.165) is 83.5 Å². The molecule has 0 radical (unpaired) electrons. The molecule has 6 nitrogen and oxygen atoms in total. The Kier molecular flexibility index (Phi) is 35.7. The second-order valence-electron chi connectivity index (χ2n) is 13.2. The van der Waals surface area contributed by atoms with Gasteiger partial charge in [0.1, 0.15) is 12.6 Å². The van der Waals surface area contributed by atoms with Crippen LogP contribution in [0.3, 0.4) is 0 Å². The zero-order valence-electron chi connectivity index (χ0n) is 31.5. The number of amides is 1. The van der Waals surface area contributed by atoms with Crippen LogP contribution in [0, 0.1) is 0 Å². The van der Waals surface area contributed by atoms with Gasteiger partial charge in [0.2, 0.25) is 5.91 Å². The number of hydrogen-bond acceptors (Lipinski definition) is 4. The van der Waals surface area contributed by atoms with Crippen molar-refractivity contribution >= 4 is 17.8 Å². The van der Waals surface area contributed by atoms with Crippen LogP contribution in [0.25, 0.3) is 0 Å². The molecule has 0 bridgehead atoms. The Morgan fingerprint density at radius 3 is 1.61 bits per heavy atom. The maximum Gasteiger partial charge on any atom is 0.322 e. The molecular weight excluding hydrogens is 610 g/mol. The van der Waals surface area contributed by atoms with Crippen LogP contribution >= 0.6 is 0 Å². The first-order valence-corrected chi connectivity index (χ1v) is 19.9. The van der Waals surface area contributed by atoms with Crippen LogP contribution in [-0.4, -0.2) is 35.6 Å². The third-order valence-corrected chi connectivity index (χ3v) is 8.40. The Morgan fingerprint density at radius 2 is 1.02 bits per heavy atom. The molecule has 0 aromatic carbocycles. The van der Waals surface area contributed by atoms with Crippen molar-refractivity contribution in [2.45, 2.75) is 187 Å². The third kappa shape index (κ3) is 37.8. The number of allylic oxidation sites excluding steroid dienone is 9. The Hall–Kier alpha value is -2.89. The lowest BCUT2D eigenvalue weighted by Crippen LogP contribution is -2.28. The minimum absolute atomic E-state index is 0.115. The maximum atomic E-state index is 12.6. The molecule has 0 aliphatic rings. The summed E-state index contributed by atoms with van der Waals surface area (Å²) in [6.07, 6.45) is 49.3. The van der Waals surface area contributed by atoms with E-state index < -0.39 is 5.97 Å². The van der Waals surface area contributed by atoms with E-state index in [1.165, 1.54) is 70.6 Å². The Balaban J connectivity index is 4.07. The molecule has 1 atom stereocenters. The van der Waals surface area contributed by atoms with Crippen molar-refractivity contribution < 1.29 is 24.2 Å². The van der Waals surface area contributed by atoms with Crippen molar-refractivity contribution in [2.75, 3.05) is 6.54 Å². The van der Waals surface area contributed by atoms with Crippen LogP contribution in [-0.2, 0) is 19.1 Å². The fraction of sp³-hybridized carbons (Fsp3) is 0.698. The van der Waals surface area contributed by atoms with E-state index in [0.29, 0.717) is 12.8 Å². The fourth-order valence-electron chi connectivity index (χ4n) is 5.40. The maximum absolute atomic E-state index is 12.6. The Bertz CT molecular complexity index is 933. The molecule has 2 N–H and O–H groups in total. The zero-order chi connectivity index (χ0) is 35.9. The average molecular weight is 684 g/mol. The van der Waals surface area contributed by atoms with Gasteiger partial charge in [0.15, 0.2) is 0 Å². The Labute approximate surface area is 301 Å². The van der Waals surface area contributed by atoms with Gasteiger partial charge in [-0.3, -0.25) is 14.4 Å². The SMILES string of the molecule is CCCC/C=C\C/C=C\C(CCCCCCC(=O)NCC(=O)O)OC(=O)CCCCCCCC/C=C\C/C=C\C/C=C\CCCCCCC. The summed E-state index contributed by atoms with van der Waals surface area (Å²) in [6.45, 7) is 4.12. The van der Waals surface area contributed by atoms with Gasteiger partial charge in [-0.05, 0) is 83.1 Å². The molecule has 1 amide bonds. The topological polar surface area (TPSA) is 92.7 Å². The van der Waals surface area contributed by atoms with Gasteiger partial charge in [-0.2, -0.15) is 0 Å². The highest BCUT2D eigenvalue weighted by atomic mass is 16.5. The molecule has 0 spiro atoms. The molecule has 1 unspecified atom stereocenters. The molecule has 0 aliphatic carbocycles. The lowest BCUT2D eigenvalue weighted by Gasteiger charge is -2.14. The number of unbranched alkanes of at least 4 members (excludes halogenated alkanes) is 16. The second kappa shape index (κ2) is 37.9. The number of carbonyl (C=O) groups is 3. The standard InChI is InChI=1S/C43H73NO5/c1-3-5-7-9-11-12-13-14-15-16-17-18-19-20-21-22-23-24-26-28-34-38-43(48)49-40(35-31-27-25-10-8-6-4-2)36-32-29-30-33-37-41(45)44-39-42(46)47/h10,13-14,16-17,19-20,25,31,35,40H,3-9,11-12,15,18,21-24,26-30,32-34,36-39H2,1-2H3,(H,44,45)(H,46,47)/b14-13-,17-16-,20-19-,25-10-,35-31-. The van der Waals surface area contributed by atoms with Crippen LogP contribution in [0.4, 0.5) is 0 Å². The van der Waals surface area contributed by atoms with Crippen molar-refractivity contribution in [3.63, 3.8) is 0 Å². The number of ether oxygens (including phenoxy) is 1. The van der Waals surface area contributed by atoms with Crippen LogP contribution < -0.4 is 5.32 Å².